The number of hydrogen-bond acceptors (Lipinski definition) is 3. The number of carboxylic acid groups (broad SMARTS) is 1. The topological polar surface area (TPSA) is 75.2 Å². The highest BCUT2D eigenvalue weighted by atomic mass is 79.9. The van der Waals surface area contributed by atoms with Gasteiger partial charge in [0.2, 0.25) is 5.82 Å². The largest absolute Gasteiger partial charge is 0.496 e. The molecule has 2 N–H and O–H groups in total. The quantitative estimate of drug-likeness (QED) is 0.913. The van der Waals surface area contributed by atoms with Gasteiger partial charge in [0, 0.05) is 10.0 Å². The van der Waals surface area contributed by atoms with Crippen LogP contribution in [0.5, 0.6) is 5.75 Å². The monoisotopic (exact) mass is 296 g/mol. The zero-order chi connectivity index (χ0) is 12.4. The lowest BCUT2D eigenvalue weighted by Gasteiger charge is -2.06. The van der Waals surface area contributed by atoms with Crippen LogP contribution in [0.15, 0.2) is 28.9 Å². The predicted molar refractivity (Wildman–Crippen MR) is 65.2 cm³/mol. The molecule has 88 valence electrons. The van der Waals surface area contributed by atoms with Crippen molar-refractivity contribution >= 4 is 21.9 Å². The molecule has 0 aliphatic rings. The third-order valence-electron chi connectivity index (χ3n) is 2.23. The molecular formula is C11H9BrN2O3. The molecule has 0 spiro atoms. The number of halogens is 1. The standard InChI is InChI=1S/C11H9BrN2O3/c1-17-9-3-2-6(12)4-7(9)8-5-13-10(14-8)11(15)16/h2-5H,1H3,(H,13,14)(H,15,16). The van der Waals surface area contributed by atoms with Gasteiger partial charge in [-0.15, -0.1) is 0 Å². The molecule has 0 aliphatic carbocycles. The number of methoxy groups -OCH3 is 1. The molecule has 6 heteroatoms. The molecule has 0 unspecified atom stereocenters. The number of carbonyl (C=O) groups is 1. The molecule has 0 bridgehead atoms. The highest BCUT2D eigenvalue weighted by Gasteiger charge is 2.12. The molecule has 0 amide bonds. The SMILES string of the molecule is COc1ccc(Br)cc1-c1cnc(C(=O)O)[nH]1. The van der Waals surface area contributed by atoms with Crippen LogP contribution in [0.1, 0.15) is 10.6 Å². The van der Waals surface area contributed by atoms with E-state index >= 15 is 0 Å². The average molecular weight is 297 g/mol. The van der Waals surface area contributed by atoms with Gasteiger partial charge in [-0.2, -0.15) is 0 Å². The summed E-state index contributed by atoms with van der Waals surface area (Å²) >= 11 is 3.35. The van der Waals surface area contributed by atoms with Gasteiger partial charge in [-0.25, -0.2) is 9.78 Å². The first-order valence-electron chi connectivity index (χ1n) is 4.74. The fraction of sp³-hybridized carbons (Fsp3) is 0.0909. The van der Waals surface area contributed by atoms with Crippen LogP contribution in [0.4, 0.5) is 0 Å². The van der Waals surface area contributed by atoms with Crippen LogP contribution in [0.2, 0.25) is 0 Å². The lowest BCUT2D eigenvalue weighted by atomic mass is 10.1. The Labute approximate surface area is 106 Å². The Hall–Kier alpha value is -1.82. The summed E-state index contributed by atoms with van der Waals surface area (Å²) in [5.41, 5.74) is 1.35. The summed E-state index contributed by atoms with van der Waals surface area (Å²) < 4.78 is 6.08. The maximum atomic E-state index is 10.7. The van der Waals surface area contributed by atoms with Crippen molar-refractivity contribution in [1.82, 2.24) is 9.97 Å². The number of nitrogens with one attached hydrogen (secondary N) is 1. The van der Waals surface area contributed by atoms with Crippen LogP contribution in [0.25, 0.3) is 11.3 Å². The number of nitrogens with zero attached hydrogens (tertiary/aromatic N) is 1. The van der Waals surface area contributed by atoms with Gasteiger partial charge in [0.15, 0.2) is 0 Å². The van der Waals surface area contributed by atoms with E-state index in [4.69, 9.17) is 9.84 Å². The summed E-state index contributed by atoms with van der Waals surface area (Å²) in [6.45, 7) is 0. The number of hydrogen-bond donors (Lipinski definition) is 2. The van der Waals surface area contributed by atoms with Gasteiger partial charge >= 0.3 is 5.97 Å². The van der Waals surface area contributed by atoms with Gasteiger partial charge in [-0.3, -0.25) is 0 Å². The number of benzene rings is 1. The first kappa shape index (κ1) is 11.7. The van der Waals surface area contributed by atoms with Crippen LogP contribution in [-0.4, -0.2) is 28.2 Å². The number of rotatable bonds is 3. The minimum Gasteiger partial charge on any atom is -0.496 e. The minimum absolute atomic E-state index is 0.0953. The van der Waals surface area contributed by atoms with Gasteiger partial charge < -0.3 is 14.8 Å². The average Bonchev–Trinajstić information content (AvgIpc) is 2.78. The minimum atomic E-state index is -1.09. The van der Waals surface area contributed by atoms with Crippen molar-refractivity contribution in [2.24, 2.45) is 0 Å². The number of H-pyrrole nitrogens is 1. The van der Waals surface area contributed by atoms with E-state index in [1.165, 1.54) is 6.20 Å². The second-order valence-electron chi connectivity index (χ2n) is 3.30. The van der Waals surface area contributed by atoms with Crippen LogP contribution in [0, 0.1) is 0 Å². The van der Waals surface area contributed by atoms with E-state index in [1.807, 2.05) is 12.1 Å². The molecule has 1 aromatic heterocycles. The van der Waals surface area contributed by atoms with Crippen molar-refractivity contribution in [2.75, 3.05) is 7.11 Å². The summed E-state index contributed by atoms with van der Waals surface area (Å²) in [4.78, 5) is 17.2. The smallest absolute Gasteiger partial charge is 0.371 e. The normalized spacial score (nSPS) is 10.2. The Kier molecular flexibility index (Phi) is 3.14. The summed E-state index contributed by atoms with van der Waals surface area (Å²) in [6, 6.07) is 5.47. The van der Waals surface area contributed by atoms with Gasteiger partial charge in [0.1, 0.15) is 5.75 Å². The van der Waals surface area contributed by atoms with Gasteiger partial charge in [-0.05, 0) is 18.2 Å². The number of ether oxygens (including phenoxy) is 1. The van der Waals surface area contributed by atoms with Gasteiger partial charge in [0.05, 0.1) is 19.0 Å². The Morgan fingerprint density at radius 1 is 1.53 bits per heavy atom. The van der Waals surface area contributed by atoms with Crippen LogP contribution in [-0.2, 0) is 0 Å². The van der Waals surface area contributed by atoms with Crippen LogP contribution < -0.4 is 4.74 Å². The lowest BCUT2D eigenvalue weighted by molar-refractivity contribution is 0.0685. The zero-order valence-electron chi connectivity index (χ0n) is 8.90. The molecule has 17 heavy (non-hydrogen) atoms. The van der Waals surface area contributed by atoms with Crippen molar-refractivity contribution in [3.63, 3.8) is 0 Å². The summed E-state index contributed by atoms with van der Waals surface area (Å²) in [6.07, 6.45) is 1.47. The molecular weight excluding hydrogens is 288 g/mol. The number of carboxylic acids is 1. The molecule has 1 aromatic carbocycles. The Morgan fingerprint density at radius 3 is 2.88 bits per heavy atom. The molecule has 2 rings (SSSR count). The molecule has 0 aliphatic heterocycles. The summed E-state index contributed by atoms with van der Waals surface area (Å²) in [5.74, 6) is -0.541. The highest BCUT2D eigenvalue weighted by molar-refractivity contribution is 9.10. The van der Waals surface area contributed by atoms with Crippen LogP contribution in [0.3, 0.4) is 0 Å². The molecule has 1 heterocycles. The third kappa shape index (κ3) is 2.31. The van der Waals surface area contributed by atoms with Crippen molar-refractivity contribution in [2.45, 2.75) is 0 Å². The Balaban J connectivity index is 2.51. The van der Waals surface area contributed by atoms with Crippen molar-refractivity contribution in [3.05, 3.63) is 34.7 Å². The highest BCUT2D eigenvalue weighted by Crippen LogP contribution is 2.31. The first-order valence-corrected chi connectivity index (χ1v) is 5.53. The zero-order valence-corrected chi connectivity index (χ0v) is 10.5. The number of imidazole rings is 1. The van der Waals surface area contributed by atoms with E-state index in [0.29, 0.717) is 11.4 Å². The first-order chi connectivity index (χ1) is 8.11. The van der Waals surface area contributed by atoms with E-state index in [9.17, 15) is 4.79 Å². The predicted octanol–water partition coefficient (Wildman–Crippen LogP) is 2.55. The summed E-state index contributed by atoms with van der Waals surface area (Å²) in [5, 5.41) is 8.79. The molecule has 0 fully saturated rings. The number of aromatic amines is 1. The van der Waals surface area contributed by atoms with E-state index < -0.39 is 5.97 Å². The van der Waals surface area contributed by atoms with E-state index in [-0.39, 0.29) is 5.82 Å². The van der Waals surface area contributed by atoms with Crippen molar-refractivity contribution in [3.8, 4) is 17.0 Å². The molecule has 0 atom stereocenters. The number of aromatic carboxylic acids is 1. The number of aromatic nitrogens is 2. The van der Waals surface area contributed by atoms with Crippen molar-refractivity contribution < 1.29 is 14.6 Å². The van der Waals surface area contributed by atoms with E-state index in [0.717, 1.165) is 10.0 Å². The third-order valence-corrected chi connectivity index (χ3v) is 2.72. The molecule has 0 saturated heterocycles. The fourth-order valence-corrected chi connectivity index (χ4v) is 1.82. The second kappa shape index (κ2) is 4.58. The van der Waals surface area contributed by atoms with Gasteiger partial charge in [-0.1, -0.05) is 15.9 Å². The fourth-order valence-electron chi connectivity index (χ4n) is 1.46. The molecule has 5 nitrogen and oxygen atoms in total. The molecule has 0 saturated carbocycles. The molecule has 0 radical (unpaired) electrons. The summed E-state index contributed by atoms with van der Waals surface area (Å²) in [7, 11) is 1.56. The van der Waals surface area contributed by atoms with E-state index in [1.54, 1.807) is 13.2 Å². The second-order valence-corrected chi connectivity index (χ2v) is 4.21. The maximum absolute atomic E-state index is 10.7. The van der Waals surface area contributed by atoms with E-state index in [2.05, 4.69) is 25.9 Å². The Bertz CT molecular complexity index is 566. The van der Waals surface area contributed by atoms with Gasteiger partial charge in [0.25, 0.3) is 0 Å². The maximum Gasteiger partial charge on any atom is 0.371 e. The van der Waals surface area contributed by atoms with Crippen LogP contribution >= 0.6 is 15.9 Å². The van der Waals surface area contributed by atoms with Crippen molar-refractivity contribution in [1.29, 1.82) is 0 Å². The Morgan fingerprint density at radius 2 is 2.29 bits per heavy atom. The lowest BCUT2D eigenvalue weighted by Crippen LogP contribution is -1.98. The molecule has 2 aromatic rings.